The van der Waals surface area contributed by atoms with E-state index in [0.717, 1.165) is 28.8 Å². The third-order valence-corrected chi connectivity index (χ3v) is 7.84. The Morgan fingerprint density at radius 1 is 1.05 bits per heavy atom. The Hall–Kier alpha value is -4.85. The Morgan fingerprint density at radius 3 is 2.50 bits per heavy atom. The van der Waals surface area contributed by atoms with E-state index in [0.29, 0.717) is 16.9 Å². The number of hydrogen-bond donors (Lipinski definition) is 1. The highest BCUT2D eigenvalue weighted by atomic mass is 19.4. The summed E-state index contributed by atoms with van der Waals surface area (Å²) in [4.78, 5) is 42.7. The Balaban J connectivity index is 1.32. The van der Waals surface area contributed by atoms with Crippen molar-refractivity contribution in [2.45, 2.75) is 33.0 Å². The van der Waals surface area contributed by atoms with Crippen LogP contribution in [0.3, 0.4) is 0 Å². The molecule has 2 aliphatic rings. The van der Waals surface area contributed by atoms with Crippen molar-refractivity contribution in [1.82, 2.24) is 9.80 Å². The average Bonchev–Trinajstić information content (AvgIpc) is 3.07. The quantitative estimate of drug-likeness (QED) is 0.478. The maximum atomic E-state index is 13.6. The number of hydrogen-bond acceptors (Lipinski definition) is 5. The zero-order chi connectivity index (χ0) is 30.3. The van der Waals surface area contributed by atoms with Gasteiger partial charge in [0.2, 0.25) is 5.91 Å². The van der Waals surface area contributed by atoms with Crippen LogP contribution in [0.2, 0.25) is 0 Å². The lowest BCUT2D eigenvalue weighted by Crippen LogP contribution is -2.60. The molecule has 11 heteroatoms. The normalized spacial score (nSPS) is 16.6. The molecule has 1 N–H and O–H groups in total. The molecule has 0 saturated carbocycles. The topological polar surface area (TPSA) is 103 Å². The van der Waals surface area contributed by atoms with Gasteiger partial charge in [-0.1, -0.05) is 18.2 Å². The molecule has 2 heterocycles. The van der Waals surface area contributed by atoms with Crippen LogP contribution in [-0.2, 0) is 15.8 Å². The molecule has 0 aromatic heterocycles. The Morgan fingerprint density at radius 2 is 1.79 bits per heavy atom. The van der Waals surface area contributed by atoms with Gasteiger partial charge in [0.1, 0.15) is 11.8 Å². The van der Waals surface area contributed by atoms with Crippen molar-refractivity contribution in [2.24, 2.45) is 0 Å². The van der Waals surface area contributed by atoms with Crippen LogP contribution in [0.25, 0.3) is 11.1 Å². The van der Waals surface area contributed by atoms with Gasteiger partial charge in [0, 0.05) is 13.1 Å². The summed E-state index contributed by atoms with van der Waals surface area (Å²) in [7, 11) is 0. The van der Waals surface area contributed by atoms with E-state index >= 15 is 0 Å². The van der Waals surface area contributed by atoms with Gasteiger partial charge in [0.05, 0.1) is 35.0 Å². The molecule has 0 spiro atoms. The fourth-order valence-electron chi connectivity index (χ4n) is 5.33. The summed E-state index contributed by atoms with van der Waals surface area (Å²) >= 11 is 0. The minimum absolute atomic E-state index is 0.0430. The molecule has 0 bridgehead atoms. The zero-order valence-corrected chi connectivity index (χ0v) is 23.1. The Bertz CT molecular complexity index is 1660. The van der Waals surface area contributed by atoms with Gasteiger partial charge in [-0.05, 0) is 78.9 Å². The molecule has 3 amide bonds. The van der Waals surface area contributed by atoms with Crippen LogP contribution in [0, 0.1) is 32.1 Å². The van der Waals surface area contributed by atoms with E-state index in [1.807, 2.05) is 13.8 Å². The summed E-state index contributed by atoms with van der Waals surface area (Å²) in [5, 5.41) is 12.1. The fraction of sp³-hybridized carbons (Fsp3) is 0.290. The van der Waals surface area contributed by atoms with Crippen LogP contribution in [0.4, 0.5) is 18.9 Å². The van der Waals surface area contributed by atoms with E-state index in [-0.39, 0.29) is 49.0 Å². The van der Waals surface area contributed by atoms with Gasteiger partial charge in [0.15, 0.2) is 6.61 Å². The third kappa shape index (κ3) is 5.28. The number of fused-ring (bicyclic) bond motifs is 2. The minimum atomic E-state index is -4.51. The van der Waals surface area contributed by atoms with Gasteiger partial charge >= 0.3 is 6.18 Å². The maximum Gasteiger partial charge on any atom is 0.416 e. The number of piperazine rings is 1. The van der Waals surface area contributed by atoms with Crippen molar-refractivity contribution in [3.05, 3.63) is 81.9 Å². The number of ether oxygens (including phenoxy) is 1. The lowest BCUT2D eigenvalue weighted by atomic mass is 9.98. The number of alkyl halides is 3. The van der Waals surface area contributed by atoms with Crippen molar-refractivity contribution < 1.29 is 32.3 Å². The number of halogens is 3. The van der Waals surface area contributed by atoms with Gasteiger partial charge in [-0.2, -0.15) is 18.4 Å². The number of nitriles is 1. The van der Waals surface area contributed by atoms with Gasteiger partial charge in [-0.3, -0.25) is 14.4 Å². The van der Waals surface area contributed by atoms with E-state index in [4.69, 9.17) is 4.74 Å². The van der Waals surface area contributed by atoms with Crippen molar-refractivity contribution in [1.29, 1.82) is 5.26 Å². The smallest absolute Gasteiger partial charge is 0.416 e. The lowest BCUT2D eigenvalue weighted by molar-refractivity contribution is -0.138. The summed E-state index contributed by atoms with van der Waals surface area (Å²) in [6, 6.07) is 12.3. The molecule has 216 valence electrons. The lowest BCUT2D eigenvalue weighted by Gasteiger charge is -2.39. The molecular formula is C31H27F3N4O4. The number of carbonyl (C=O) groups is 3. The van der Waals surface area contributed by atoms with Crippen molar-refractivity contribution in [2.75, 3.05) is 31.6 Å². The fourth-order valence-corrected chi connectivity index (χ4v) is 5.33. The molecule has 3 aromatic rings. The first-order valence-electron chi connectivity index (χ1n) is 13.2. The molecule has 8 nitrogen and oxygen atoms in total. The number of nitrogens with zero attached hydrogens (tertiary/aromatic N) is 3. The van der Waals surface area contributed by atoms with Gasteiger partial charge in [-0.15, -0.1) is 0 Å². The van der Waals surface area contributed by atoms with Crippen molar-refractivity contribution in [3.8, 4) is 22.9 Å². The first-order valence-corrected chi connectivity index (χ1v) is 13.2. The first-order chi connectivity index (χ1) is 19.9. The Labute approximate surface area is 240 Å². The van der Waals surface area contributed by atoms with Crippen LogP contribution in [0.15, 0.2) is 48.5 Å². The van der Waals surface area contributed by atoms with E-state index in [9.17, 15) is 32.8 Å². The second-order valence-corrected chi connectivity index (χ2v) is 10.4. The molecule has 1 fully saturated rings. The van der Waals surface area contributed by atoms with E-state index in [2.05, 4.69) is 11.4 Å². The largest absolute Gasteiger partial charge is 0.483 e. The monoisotopic (exact) mass is 576 g/mol. The van der Waals surface area contributed by atoms with Crippen LogP contribution >= 0.6 is 0 Å². The van der Waals surface area contributed by atoms with Crippen molar-refractivity contribution >= 4 is 23.4 Å². The summed E-state index contributed by atoms with van der Waals surface area (Å²) < 4.78 is 45.5. The number of rotatable bonds is 4. The van der Waals surface area contributed by atoms with Crippen molar-refractivity contribution in [3.63, 3.8) is 0 Å². The van der Waals surface area contributed by atoms with Gasteiger partial charge in [0.25, 0.3) is 11.8 Å². The highest BCUT2D eigenvalue weighted by molar-refractivity contribution is 6.10. The van der Waals surface area contributed by atoms with Crippen LogP contribution in [0.1, 0.15) is 38.2 Å². The summed E-state index contributed by atoms with van der Waals surface area (Å²) in [5.74, 6) is -0.792. The number of carbonyl (C=O) groups excluding carboxylic acids is 3. The number of nitrogens with one attached hydrogen (secondary N) is 1. The molecule has 5 rings (SSSR count). The molecule has 0 aliphatic carbocycles. The second-order valence-electron chi connectivity index (χ2n) is 10.4. The first kappa shape index (κ1) is 28.7. The summed E-state index contributed by atoms with van der Waals surface area (Å²) in [6.45, 7) is 5.35. The highest BCUT2D eigenvalue weighted by Gasteiger charge is 2.40. The van der Waals surface area contributed by atoms with Crippen LogP contribution in [0.5, 0.6) is 5.75 Å². The molecule has 2 aliphatic heterocycles. The number of benzene rings is 3. The molecule has 1 saturated heterocycles. The van der Waals surface area contributed by atoms with E-state index in [1.54, 1.807) is 19.1 Å². The predicted molar refractivity (Wildman–Crippen MR) is 148 cm³/mol. The summed E-state index contributed by atoms with van der Waals surface area (Å²) in [5.41, 5.74) is 3.11. The molecule has 0 radical (unpaired) electrons. The van der Waals surface area contributed by atoms with Crippen LogP contribution in [-0.4, -0.2) is 59.8 Å². The van der Waals surface area contributed by atoms with Crippen LogP contribution < -0.4 is 10.1 Å². The highest BCUT2D eigenvalue weighted by Crippen LogP contribution is 2.34. The second kappa shape index (κ2) is 10.9. The van der Waals surface area contributed by atoms with E-state index < -0.39 is 29.6 Å². The average molecular weight is 577 g/mol. The number of anilines is 1. The molecule has 3 aromatic carbocycles. The molecule has 1 atom stereocenters. The number of amides is 3. The minimum Gasteiger partial charge on any atom is -0.483 e. The molecule has 1 unspecified atom stereocenters. The third-order valence-electron chi connectivity index (χ3n) is 7.84. The standard InChI is InChI=1S/C31H27F3N4O4/c1-17-11-27(19(3)18(2)24(17)14-35)42-16-28(39)37-9-10-38-26(15-37)29(40)36-25-8-7-21(13-23(25)30(38)41)20-5-4-6-22(12-20)31(32,33)34/h4-8,11-13,26H,9-10,15-16H2,1-3H3,(H,36,40). The molecule has 42 heavy (non-hydrogen) atoms. The Kier molecular flexibility index (Phi) is 7.41. The SMILES string of the molecule is Cc1cc(OCC(=O)N2CCN3C(=O)c4cc(-c5cccc(C(F)(F)F)c5)ccc4NC(=O)C3C2)c(C)c(C)c1C#N. The molecular weight excluding hydrogens is 549 g/mol. The van der Waals surface area contributed by atoms with Gasteiger partial charge in [-0.25, -0.2) is 0 Å². The van der Waals surface area contributed by atoms with Gasteiger partial charge < -0.3 is 19.9 Å². The van der Waals surface area contributed by atoms with E-state index in [1.165, 1.54) is 34.1 Å². The summed E-state index contributed by atoms with van der Waals surface area (Å²) in [6.07, 6.45) is -4.51. The maximum absolute atomic E-state index is 13.6. The predicted octanol–water partition coefficient (Wildman–Crippen LogP) is 4.85. The zero-order valence-electron chi connectivity index (χ0n) is 23.1. The number of aryl methyl sites for hydroxylation is 1.